The van der Waals surface area contributed by atoms with Crippen molar-refractivity contribution in [2.45, 2.75) is 50.4 Å². The molecule has 1 amide bonds. The molecule has 0 spiro atoms. The molecule has 3 aliphatic heterocycles. The van der Waals surface area contributed by atoms with E-state index >= 15 is 0 Å². The molecule has 3 heterocycles. The zero-order chi connectivity index (χ0) is 56.2. The molecule has 0 saturated carbocycles. The van der Waals surface area contributed by atoms with Crippen LogP contribution in [0.4, 0.5) is 0 Å². The normalized spacial score (nSPS) is 16.7. The minimum absolute atomic E-state index is 0.0113. The van der Waals surface area contributed by atoms with E-state index in [1.165, 1.54) is 6.26 Å². The van der Waals surface area contributed by atoms with Crippen LogP contribution in [0.3, 0.4) is 0 Å². The minimum atomic E-state index is -3.56. The van der Waals surface area contributed by atoms with Crippen molar-refractivity contribution in [2.24, 2.45) is 9.98 Å². The van der Waals surface area contributed by atoms with Gasteiger partial charge in [-0.05, 0) is 0 Å². The van der Waals surface area contributed by atoms with Crippen LogP contribution in [0.25, 0.3) is 0 Å². The van der Waals surface area contributed by atoms with Crippen molar-refractivity contribution >= 4 is 96.5 Å². The summed E-state index contributed by atoms with van der Waals surface area (Å²) in [6.45, 7) is 4.96. The standard InChI is InChI=1S/C54H52Cl5I2N7O8S2/c1-53(39-22-34(30-62)50(44(58)25-39)73-20-16-55,37-7-10-42(11-8-37)75-32-36-27-61-28-47(66-77(3)70)65-52(36)68-19-5-6-49(68)69)14-15-54(2,40-23-35(31-63)51(45(59)26-40)74-21-17-56)38-9-12-46(43(57)24-38)76-33-41-13-18-60-29-48(64-41)67-78(4,71)72/h7-13,18,22-29,66-67H,5-6,14-17,19-21,32-33H2,1-4H3/q-2. The first-order chi connectivity index (χ1) is 37.3. The number of ether oxygens (including phenoxy) is 4. The first-order valence-electron chi connectivity index (χ1n) is 23.9. The van der Waals surface area contributed by atoms with Crippen LogP contribution < -0.4 is 70.8 Å². The molecule has 3 unspecified atom stereocenters. The SMILES string of the molecule is CS(=O)NC1=C[I-]C=C(COc2ccc(C(C)(CCC(C)(c3ccc(OCC4=NC(NS(C)(=O)=O)=C[I-]C=C4)c(Cl)c3)c3cc(Cl)c(OCCCl)c(C#N)c3)c3cc(Cl)c(OCCCl)c(C#N)c3)cc2)C(N2CCCC2=O)=N1. The third-order valence-corrected chi connectivity index (χ3v) is 18.7. The second-order valence-electron chi connectivity index (χ2n) is 18.2. The average Bonchev–Trinajstić information content (AvgIpc) is 3.58. The molecule has 1 fully saturated rings. The van der Waals surface area contributed by atoms with Crippen LogP contribution in [-0.2, 0) is 36.6 Å². The number of carbonyl (C=O) groups excluding carboxylic acids is 1. The van der Waals surface area contributed by atoms with Crippen LogP contribution in [0.2, 0.25) is 15.1 Å². The van der Waals surface area contributed by atoms with Gasteiger partial charge in [0.25, 0.3) is 0 Å². The number of halogens is 7. The van der Waals surface area contributed by atoms with Crippen LogP contribution >= 0.6 is 58.0 Å². The third-order valence-electron chi connectivity index (χ3n) is 12.7. The second kappa shape index (κ2) is 27.7. The molecule has 24 heteroatoms. The van der Waals surface area contributed by atoms with E-state index < -0.39 is 74.2 Å². The quantitative estimate of drug-likeness (QED) is 0.0783. The van der Waals surface area contributed by atoms with Crippen molar-refractivity contribution in [3.05, 3.63) is 155 Å². The average molecular weight is 1420 g/mol. The van der Waals surface area contributed by atoms with Crippen LogP contribution in [0.15, 0.2) is 116 Å². The van der Waals surface area contributed by atoms with Gasteiger partial charge in [-0.3, -0.25) is 0 Å². The van der Waals surface area contributed by atoms with Crippen molar-refractivity contribution in [1.82, 2.24) is 14.3 Å². The number of likely N-dealkylation sites (tertiary alicyclic amines) is 1. The number of amidine groups is 1. The Bertz CT molecular complexity index is 3370. The molecule has 2 N–H and O–H groups in total. The molecule has 78 heavy (non-hydrogen) atoms. The van der Waals surface area contributed by atoms with Gasteiger partial charge in [-0.15, -0.1) is 23.2 Å². The number of nitrogens with zero attached hydrogens (tertiary/aromatic N) is 5. The van der Waals surface area contributed by atoms with Crippen molar-refractivity contribution in [3.63, 3.8) is 0 Å². The predicted octanol–water partition coefficient (Wildman–Crippen LogP) is 4.57. The molecule has 4 aromatic carbocycles. The van der Waals surface area contributed by atoms with Gasteiger partial charge >= 0.3 is 382 Å². The third kappa shape index (κ3) is 15.5. The van der Waals surface area contributed by atoms with Gasteiger partial charge in [0.2, 0.25) is 0 Å². The van der Waals surface area contributed by atoms with E-state index in [1.54, 1.807) is 51.5 Å². The Morgan fingerprint density at radius 1 is 0.756 bits per heavy atom. The number of hydrogen-bond acceptors (Lipinski definition) is 12. The summed E-state index contributed by atoms with van der Waals surface area (Å²) >= 11 is 31.8. The Balaban J connectivity index is 1.27. The van der Waals surface area contributed by atoms with E-state index in [0.717, 1.165) is 23.0 Å². The number of alkyl halides is 2. The Labute approximate surface area is 502 Å². The van der Waals surface area contributed by atoms with Crippen LogP contribution in [0, 0.1) is 22.7 Å². The van der Waals surface area contributed by atoms with Gasteiger partial charge in [0.05, 0.1) is 22.3 Å². The monoisotopic (exact) mass is 1420 g/mol. The molecule has 414 valence electrons. The molecular weight excluding hydrogens is 1370 g/mol. The summed E-state index contributed by atoms with van der Waals surface area (Å²) < 4.78 is 73.5. The van der Waals surface area contributed by atoms with Crippen molar-refractivity contribution < 1.29 is 78.8 Å². The van der Waals surface area contributed by atoms with E-state index in [-0.39, 0.29) is 87.6 Å². The molecule has 7 rings (SSSR count). The van der Waals surface area contributed by atoms with E-state index in [2.05, 4.69) is 37.6 Å². The van der Waals surface area contributed by atoms with Crippen LogP contribution in [-0.4, -0.2) is 92.2 Å². The Morgan fingerprint density at radius 3 is 1.90 bits per heavy atom. The number of amides is 1. The fraction of sp³-hybridized carbons (Fsp3) is 0.315. The van der Waals surface area contributed by atoms with E-state index in [1.807, 2.05) is 45.4 Å². The Morgan fingerprint density at radius 2 is 1.35 bits per heavy atom. The van der Waals surface area contributed by atoms with Crippen molar-refractivity contribution in [2.75, 3.05) is 57.2 Å². The molecule has 0 aliphatic carbocycles. The van der Waals surface area contributed by atoms with E-state index in [9.17, 15) is 27.9 Å². The summed E-state index contributed by atoms with van der Waals surface area (Å²) in [5.41, 5.74) is 2.77. The Kier molecular flexibility index (Phi) is 21.7. The fourth-order valence-electron chi connectivity index (χ4n) is 8.73. The summed E-state index contributed by atoms with van der Waals surface area (Å²) in [5, 5.41) is 21.7. The Hall–Kier alpha value is -4.56. The molecule has 3 aliphatic rings. The number of rotatable bonds is 23. The van der Waals surface area contributed by atoms with Gasteiger partial charge in [0, 0.05) is 0 Å². The van der Waals surface area contributed by atoms with Gasteiger partial charge in [0.1, 0.15) is 25.4 Å². The van der Waals surface area contributed by atoms with Gasteiger partial charge in [-0.1, -0.05) is 23.2 Å². The molecule has 1 saturated heterocycles. The van der Waals surface area contributed by atoms with Gasteiger partial charge in [0.15, 0.2) is 11.5 Å². The summed E-state index contributed by atoms with van der Waals surface area (Å²) in [6, 6.07) is 24.7. The number of nitriles is 2. The van der Waals surface area contributed by atoms with Gasteiger partial charge in [-0.2, -0.15) is 10.5 Å². The molecule has 0 radical (unpaired) electrons. The number of benzene rings is 4. The zero-order valence-corrected chi connectivity index (χ0v) is 52.2. The second-order valence-corrected chi connectivity index (χ2v) is 27.0. The first kappa shape index (κ1) is 61.1. The summed E-state index contributed by atoms with van der Waals surface area (Å²) in [7, 11) is -4.92. The maximum atomic E-state index is 13.0. The topological polar surface area (TPSA) is 205 Å². The number of carbonyl (C=O) groups is 1. The summed E-state index contributed by atoms with van der Waals surface area (Å²) in [4.78, 5) is 23.9. The van der Waals surface area contributed by atoms with Crippen molar-refractivity contribution in [1.29, 1.82) is 10.5 Å². The number of hydrogen-bond donors (Lipinski definition) is 2. The van der Waals surface area contributed by atoms with E-state index in [4.69, 9.17) is 81.9 Å². The summed E-state index contributed by atoms with van der Waals surface area (Å²) in [5.74, 6) is 2.77. The molecule has 15 nitrogen and oxygen atoms in total. The number of nitrogens with one attached hydrogen (secondary N) is 2. The first-order valence-corrected chi connectivity index (χ1v) is 34.5. The number of sulfonamides is 1. The molecule has 0 aromatic heterocycles. The molecule has 0 bridgehead atoms. The molecule has 3 atom stereocenters. The number of aliphatic imine (C=N–C) groups is 2. The molecule has 4 aromatic rings. The van der Waals surface area contributed by atoms with Gasteiger partial charge < -0.3 is 9.47 Å². The van der Waals surface area contributed by atoms with Gasteiger partial charge in [-0.25, -0.2) is 0 Å². The summed E-state index contributed by atoms with van der Waals surface area (Å²) in [6.07, 6.45) is 6.26. The van der Waals surface area contributed by atoms with Crippen LogP contribution in [0.5, 0.6) is 23.0 Å². The maximum absolute atomic E-state index is 13.0. The predicted molar refractivity (Wildman–Crippen MR) is 300 cm³/mol. The van der Waals surface area contributed by atoms with E-state index in [0.29, 0.717) is 72.2 Å². The van der Waals surface area contributed by atoms with Crippen molar-refractivity contribution in [3.8, 4) is 35.1 Å². The fourth-order valence-corrected chi connectivity index (χ4v) is 14.1. The van der Waals surface area contributed by atoms with Crippen LogP contribution in [0.1, 0.15) is 72.9 Å². The zero-order valence-electron chi connectivity index (χ0n) is 42.5. The molecular formula is C54H52Cl5I2N7O8S2-2.